The first-order chi connectivity index (χ1) is 38.6. The molecular formula is C29H53KN6O24PS4-. The molecule has 4 amide bonds. The maximum atomic E-state index is 11.5. The summed E-state index contributed by atoms with van der Waals surface area (Å²) < 4.78 is 291. The van der Waals surface area contributed by atoms with E-state index in [0.29, 0.717) is 0 Å². The van der Waals surface area contributed by atoms with E-state index in [1.165, 1.54) is 6.92 Å². The number of pyridine rings is 1. The number of hydroxylamine groups is 8. The van der Waals surface area contributed by atoms with E-state index in [4.69, 9.17) is 67.7 Å². The third-order valence-electron chi connectivity index (χ3n) is 7.05. The molecule has 65 heavy (non-hydrogen) atoms. The normalized spacial score (nSPS) is 30.1. The van der Waals surface area contributed by atoms with Crippen molar-refractivity contribution in [3.05, 3.63) is 30.6 Å². The van der Waals surface area contributed by atoms with Crippen molar-refractivity contribution in [2.75, 3.05) is 6.26 Å². The molecule has 4 saturated heterocycles. The van der Waals surface area contributed by atoms with E-state index in [9.17, 15) is 54.2 Å². The molecule has 374 valence electrons. The number of carbonyl (C=O) groups excluding carboxylic acids is 4. The van der Waals surface area contributed by atoms with Crippen LogP contribution in [0.2, 0.25) is 0 Å². The summed E-state index contributed by atoms with van der Waals surface area (Å²) in [5.41, 5.74) is -6.00. The van der Waals surface area contributed by atoms with E-state index in [0.717, 1.165) is 25.9 Å². The van der Waals surface area contributed by atoms with Gasteiger partial charge in [0.25, 0.3) is 23.6 Å². The number of nitrogens with zero attached hydrogens (tertiary/aromatic N) is 5. The molecule has 0 aromatic carbocycles. The summed E-state index contributed by atoms with van der Waals surface area (Å²) in [6.07, 6.45) is 5.12. The molecule has 5 atom stereocenters. The molecule has 4 aliphatic heterocycles. The van der Waals surface area contributed by atoms with Crippen molar-refractivity contribution in [2.24, 2.45) is 23.5 Å². The Labute approximate surface area is 458 Å². The van der Waals surface area contributed by atoms with Gasteiger partial charge in [0.05, 0.1) is 39.9 Å². The van der Waals surface area contributed by atoms with Gasteiger partial charge in [0, 0.05) is 68.3 Å². The summed E-state index contributed by atoms with van der Waals surface area (Å²) in [7, 11) is -19.0. The molecule has 0 aliphatic carbocycles. The fourth-order valence-corrected chi connectivity index (χ4v) is 4.57. The molecule has 1 aromatic rings. The second kappa shape index (κ2) is 27.6. The summed E-state index contributed by atoms with van der Waals surface area (Å²) >= 11 is 0.929. The third kappa shape index (κ3) is 21.3. The molecule has 0 spiro atoms. The van der Waals surface area contributed by atoms with Gasteiger partial charge in [-0.25, -0.2) is 24.0 Å². The van der Waals surface area contributed by atoms with Crippen LogP contribution in [0.5, 0.6) is 0 Å². The number of hydrogen-bond acceptors (Lipinski definition) is 25. The van der Waals surface area contributed by atoms with Gasteiger partial charge in [0.15, 0.2) is 0 Å². The number of nitrogens with two attached hydrogens (primary N) is 1. The number of hydrogen-bond donors (Lipinski definition) is 6. The summed E-state index contributed by atoms with van der Waals surface area (Å²) in [6.45, 7) is -22.4. The fraction of sp³-hybridized carbons (Fsp3) is 0.690. The van der Waals surface area contributed by atoms with E-state index in [1.807, 2.05) is 18.2 Å². The number of rotatable bonds is 9. The van der Waals surface area contributed by atoms with E-state index in [2.05, 4.69) is 31.9 Å². The van der Waals surface area contributed by atoms with E-state index in [-0.39, 0.29) is 68.0 Å². The van der Waals surface area contributed by atoms with Gasteiger partial charge < -0.3 is 16.6 Å². The average molecular weight is 1090 g/mol. The van der Waals surface area contributed by atoms with Crippen LogP contribution in [0, 0.1) is 17.8 Å². The van der Waals surface area contributed by atoms with Crippen LogP contribution in [0.3, 0.4) is 0 Å². The Hall–Kier alpha value is -1.59. The van der Waals surface area contributed by atoms with Gasteiger partial charge in [0.2, 0.25) is 10.4 Å². The number of aromatic nitrogens is 1. The van der Waals surface area contributed by atoms with Gasteiger partial charge in [-0.15, -0.1) is 12.9 Å². The molecule has 0 radical (unpaired) electrons. The van der Waals surface area contributed by atoms with Crippen molar-refractivity contribution >= 4 is 75.1 Å². The van der Waals surface area contributed by atoms with Gasteiger partial charge in [-0.1, -0.05) is 31.9 Å². The zero-order chi connectivity index (χ0) is 71.2. The predicted molar refractivity (Wildman–Crippen MR) is 212 cm³/mol. The fourth-order valence-electron chi connectivity index (χ4n) is 3.38. The third-order valence-corrected chi connectivity index (χ3v) is 8.38. The maximum Gasteiger partial charge on any atom is 1.00 e. The van der Waals surface area contributed by atoms with Crippen molar-refractivity contribution < 1.29 is 196 Å². The Balaban J connectivity index is -0.000000502. The van der Waals surface area contributed by atoms with Crippen LogP contribution in [-0.2, 0) is 81.8 Å². The quantitative estimate of drug-likeness (QED) is 0.0169. The molecule has 1 aromatic heterocycles. The van der Waals surface area contributed by atoms with Crippen molar-refractivity contribution in [1.29, 1.82) is 0 Å². The summed E-state index contributed by atoms with van der Waals surface area (Å²) in [5, 5.41) is 25.5. The molecule has 30 nitrogen and oxygen atoms in total. The first kappa shape index (κ1) is 34.7. The largest absolute Gasteiger partial charge is 1.00 e. The van der Waals surface area contributed by atoms with Gasteiger partial charge in [0.1, 0.15) is 6.04 Å². The van der Waals surface area contributed by atoms with Gasteiger partial charge in [-0.3, -0.25) is 38.5 Å². The second-order valence-corrected chi connectivity index (χ2v) is 15.4. The van der Waals surface area contributed by atoms with E-state index >= 15 is 0 Å². The Kier molecular flexibility index (Phi) is 14.7. The van der Waals surface area contributed by atoms with Crippen molar-refractivity contribution in [1.82, 2.24) is 25.2 Å². The first-order valence-electron chi connectivity index (χ1n) is 27.3. The molecule has 36 heteroatoms. The van der Waals surface area contributed by atoms with Crippen LogP contribution in [0.4, 0.5) is 0 Å². The molecule has 0 bridgehead atoms. The zero-order valence-corrected chi connectivity index (χ0v) is 40.4. The summed E-state index contributed by atoms with van der Waals surface area (Å²) in [5.74, 6) is -8.95. The van der Waals surface area contributed by atoms with Crippen molar-refractivity contribution in [3.63, 3.8) is 0 Å². The predicted octanol–water partition coefficient (Wildman–Crippen LogP) is -2.71. The maximum absolute atomic E-state index is 11.5. The van der Waals surface area contributed by atoms with Gasteiger partial charge in [-0.05, 0) is 71.5 Å². The Morgan fingerprint density at radius 1 is 0.738 bits per heavy atom. The monoisotopic (exact) mass is 1090 g/mol. The van der Waals surface area contributed by atoms with Crippen LogP contribution in [0.25, 0.3) is 0 Å². The Morgan fingerprint density at radius 3 is 1.31 bits per heavy atom. The minimum atomic E-state index is -5.48. The Morgan fingerprint density at radius 2 is 1.09 bits per heavy atom. The molecule has 1 unspecified atom stereocenters. The van der Waals surface area contributed by atoms with Crippen molar-refractivity contribution in [2.45, 2.75) is 104 Å². The summed E-state index contributed by atoms with van der Waals surface area (Å²) in [6, 6.07) is 3.70. The molecule has 7 N–H and O–H groups in total. The number of β-lactam (4-membered cyclic amide) rings is 4. The van der Waals surface area contributed by atoms with Crippen LogP contribution in [-0.4, -0.2) is 138 Å². The van der Waals surface area contributed by atoms with Crippen molar-refractivity contribution in [3.8, 4) is 0 Å². The van der Waals surface area contributed by atoms with Crippen LogP contribution in [0.15, 0.2) is 30.6 Å². The molecule has 4 aliphatic rings. The van der Waals surface area contributed by atoms with Crippen LogP contribution in [0.1, 0.15) is 110 Å². The minimum Gasteiger partial charge on any atom is -1.00 e. The van der Waals surface area contributed by atoms with Gasteiger partial charge >= 0.3 is 80.4 Å². The number of carbonyl (C=O) groups is 4. The zero-order valence-electron chi connectivity index (χ0n) is 58.1. The SMILES string of the molecule is CSOOO.O=[P+]([O-])OO.[2H]C([2H])([2H])C1(C([2H])([2H])[2H])[C@H](C)C(=O)N1O.[2H]C([2H])([2H])C1(C([2H])([2H])[2H])[C@H](C)C(=O)N1OS(=O)(=O)O.[2H]C([2H])([2H])C1(C([2H])([2H])[2H])[C@H](C)C(=O)N1OS(=O)(=O)[O-].[2H]C([2H])([2H])C1(C([2H])([2H])[2H])[C@H](N)C(=O)N1OS(=O)(=O)O.[H-].[K+].c1ccncc1. The molecule has 4 fully saturated rings. The Bertz CT molecular complexity index is 2610. The van der Waals surface area contributed by atoms with Gasteiger partial charge in [-0.2, -0.15) is 36.3 Å². The van der Waals surface area contributed by atoms with E-state index in [1.54, 1.807) is 18.6 Å². The minimum absolute atomic E-state index is 0. The number of amides is 4. The van der Waals surface area contributed by atoms with E-state index < -0.39 is 169 Å². The second-order valence-electron chi connectivity index (χ2n) is 11.4. The smallest absolute Gasteiger partial charge is 1.00 e. The molecular weight excluding hydrogens is 1010 g/mol. The first-order valence-corrected chi connectivity index (χ1v) is 21.6. The summed E-state index contributed by atoms with van der Waals surface area (Å²) in [4.78, 5) is 58.0. The topological polar surface area (TPSA) is 442 Å². The molecule has 0 saturated carbocycles. The standard InChI is InChI=1S/2C6H11NO5S.C6H11NO2.C5H10N2O5S.C5H5N.CH4O3S.K.HO4P.H/c2*1-4-5(8)7(6(4,2)3)12-13(9,10)11;1-4-5(8)7(9)6(4,2)3;1-5(2)3(6)4(8)7(5)12-13(9,10)11;1-2-4-6-5-3-1;1-5-4-3-2;;1-4-5(2)3;/h2*4H,1-3H3,(H,9,10,11);4,9H,1-3H3;3H,6H2,1-2H3,(H,9,10,11);1-5H;2H,1H3;;1H;/q;;;;;;+1;;-1/p-1/t3*4-;3-;;;;;/m1111...../s1/i3*2D3,3D3;1D3,2D3;;;;;. The molecule has 5 rings (SSSR count). The van der Waals surface area contributed by atoms with Crippen LogP contribution >= 0.6 is 20.3 Å². The average Bonchev–Trinajstić information content (AvgIpc) is 0.931. The van der Waals surface area contributed by atoms with Crippen LogP contribution < -0.4 is 62.0 Å². The molecule has 5 heterocycles.